The molecule has 9 heteroatoms. The Labute approximate surface area is 215 Å². The zero-order valence-corrected chi connectivity index (χ0v) is 21.9. The van der Waals surface area contributed by atoms with E-state index < -0.39 is 29.0 Å². The third kappa shape index (κ3) is 7.78. The highest BCUT2D eigenvalue weighted by Crippen LogP contribution is 2.42. The Hall–Kier alpha value is -3.46. The number of carbonyl (C=O) groups is 3. The van der Waals surface area contributed by atoms with E-state index in [-0.39, 0.29) is 47.0 Å². The molecule has 2 aromatic rings. The number of aromatic hydroxyl groups is 2. The Morgan fingerprint density at radius 3 is 2.28 bits per heavy atom. The van der Waals surface area contributed by atoms with Gasteiger partial charge in [0.25, 0.3) is 0 Å². The van der Waals surface area contributed by atoms with Gasteiger partial charge in [-0.05, 0) is 32.8 Å². The number of carbonyl (C=O) groups excluding carboxylic acids is 2. The summed E-state index contributed by atoms with van der Waals surface area (Å²) >= 11 is 1.23. The number of allylic oxidation sites excluding steroid dienone is 2. The molecular formula is C27H33NO7S. The molecule has 0 bridgehead atoms. The Morgan fingerprint density at radius 2 is 1.75 bits per heavy atom. The summed E-state index contributed by atoms with van der Waals surface area (Å²) in [6.07, 6.45) is 1.99. The number of phenolic OH excluding ortho intramolecular Hbond substituents is 2. The molecule has 2 aromatic carbocycles. The molecule has 0 aliphatic rings. The molecule has 0 fully saturated rings. The number of Topliss-reactive ketones (excluding diaryl/α,β-unsaturated/α-hetero) is 1. The summed E-state index contributed by atoms with van der Waals surface area (Å²) in [5.41, 5.74) is 2.99. The van der Waals surface area contributed by atoms with E-state index in [0.717, 1.165) is 16.7 Å². The molecule has 194 valence electrons. The summed E-state index contributed by atoms with van der Waals surface area (Å²) < 4.78 is 5.30. The van der Waals surface area contributed by atoms with Crippen molar-refractivity contribution in [1.29, 1.82) is 0 Å². The third-order valence-electron chi connectivity index (χ3n) is 5.52. The van der Waals surface area contributed by atoms with Crippen LogP contribution in [-0.2, 0) is 16.0 Å². The van der Waals surface area contributed by atoms with E-state index in [2.05, 4.69) is 5.32 Å². The molecule has 0 aliphatic carbocycles. The molecule has 0 heterocycles. The number of aliphatic carboxylic acids is 1. The molecule has 0 spiro atoms. The van der Waals surface area contributed by atoms with Crippen molar-refractivity contribution in [3.05, 3.63) is 64.2 Å². The second kappa shape index (κ2) is 13.0. The van der Waals surface area contributed by atoms with Crippen LogP contribution in [0.4, 0.5) is 0 Å². The van der Waals surface area contributed by atoms with Crippen molar-refractivity contribution in [2.24, 2.45) is 0 Å². The number of hydrogen-bond acceptors (Lipinski definition) is 7. The first-order valence-corrected chi connectivity index (χ1v) is 12.5. The smallest absolute Gasteiger partial charge is 0.327 e. The monoisotopic (exact) mass is 515 g/mol. The SMILES string of the molecule is COc1cc(O)c(CC=C(C)C)c(O)c1C(=O)CC(SCC(NC(C)=O)C(=O)O)c1ccc(C)cc1. The zero-order valence-electron chi connectivity index (χ0n) is 21.1. The highest BCUT2D eigenvalue weighted by molar-refractivity contribution is 7.99. The largest absolute Gasteiger partial charge is 0.507 e. The highest BCUT2D eigenvalue weighted by Gasteiger charge is 2.28. The van der Waals surface area contributed by atoms with Gasteiger partial charge >= 0.3 is 5.97 Å². The fraction of sp³-hybridized carbons (Fsp3) is 0.370. The third-order valence-corrected chi connectivity index (χ3v) is 6.89. The van der Waals surface area contributed by atoms with Gasteiger partial charge in [-0.15, -0.1) is 0 Å². The van der Waals surface area contributed by atoms with Gasteiger partial charge in [-0.2, -0.15) is 11.8 Å². The van der Waals surface area contributed by atoms with Crippen LogP contribution in [0.1, 0.15) is 59.5 Å². The normalized spacial score (nSPS) is 12.4. The molecule has 0 radical (unpaired) electrons. The number of hydrogen-bond donors (Lipinski definition) is 4. The van der Waals surface area contributed by atoms with E-state index in [9.17, 15) is 29.7 Å². The maximum Gasteiger partial charge on any atom is 0.327 e. The van der Waals surface area contributed by atoms with E-state index in [1.54, 1.807) is 0 Å². The summed E-state index contributed by atoms with van der Waals surface area (Å²) in [5.74, 6) is -2.50. The van der Waals surface area contributed by atoms with Crippen molar-refractivity contribution in [3.63, 3.8) is 0 Å². The van der Waals surface area contributed by atoms with Crippen LogP contribution in [0.15, 0.2) is 42.0 Å². The quantitative estimate of drug-likeness (QED) is 0.239. The van der Waals surface area contributed by atoms with Crippen LogP contribution in [0.3, 0.4) is 0 Å². The topological polar surface area (TPSA) is 133 Å². The number of aryl methyl sites for hydroxylation is 1. The van der Waals surface area contributed by atoms with E-state index in [1.165, 1.54) is 31.9 Å². The lowest BCUT2D eigenvalue weighted by Gasteiger charge is -2.21. The van der Waals surface area contributed by atoms with E-state index >= 15 is 0 Å². The van der Waals surface area contributed by atoms with Crippen molar-refractivity contribution in [3.8, 4) is 17.2 Å². The lowest BCUT2D eigenvalue weighted by molar-refractivity contribution is -0.140. The van der Waals surface area contributed by atoms with Gasteiger partial charge in [0, 0.05) is 36.0 Å². The minimum Gasteiger partial charge on any atom is -0.507 e. The molecule has 0 saturated carbocycles. The van der Waals surface area contributed by atoms with E-state index in [0.29, 0.717) is 0 Å². The minimum absolute atomic E-state index is 0.0330. The number of benzene rings is 2. The molecule has 2 unspecified atom stereocenters. The fourth-order valence-corrected chi connectivity index (χ4v) is 4.84. The first-order valence-electron chi connectivity index (χ1n) is 11.4. The van der Waals surface area contributed by atoms with Gasteiger partial charge in [-0.3, -0.25) is 9.59 Å². The summed E-state index contributed by atoms with van der Waals surface area (Å²) in [7, 11) is 1.35. The number of methoxy groups -OCH3 is 1. The van der Waals surface area contributed by atoms with Crippen LogP contribution in [0.5, 0.6) is 17.2 Å². The van der Waals surface area contributed by atoms with E-state index in [4.69, 9.17) is 4.74 Å². The summed E-state index contributed by atoms with van der Waals surface area (Å²) in [4.78, 5) is 36.6. The molecular weight excluding hydrogens is 482 g/mol. The van der Waals surface area contributed by atoms with Crippen LogP contribution in [0, 0.1) is 6.92 Å². The minimum atomic E-state index is -1.17. The summed E-state index contributed by atoms with van der Waals surface area (Å²) in [5, 5.41) is 32.8. The fourth-order valence-electron chi connectivity index (χ4n) is 3.57. The van der Waals surface area contributed by atoms with Crippen molar-refractivity contribution in [1.82, 2.24) is 5.32 Å². The molecule has 4 N–H and O–H groups in total. The number of ketones is 1. The lowest BCUT2D eigenvalue weighted by atomic mass is 9.96. The van der Waals surface area contributed by atoms with Crippen LogP contribution in [-0.4, -0.2) is 51.9 Å². The predicted octanol–water partition coefficient (Wildman–Crippen LogP) is 4.56. The van der Waals surface area contributed by atoms with E-state index in [1.807, 2.05) is 51.1 Å². The van der Waals surface area contributed by atoms with Crippen LogP contribution < -0.4 is 10.1 Å². The van der Waals surface area contributed by atoms with Crippen LogP contribution in [0.2, 0.25) is 0 Å². The van der Waals surface area contributed by atoms with Crippen molar-refractivity contribution in [2.75, 3.05) is 12.9 Å². The summed E-state index contributed by atoms with van der Waals surface area (Å²) in [6, 6.07) is 7.71. The molecule has 0 aromatic heterocycles. The van der Waals surface area contributed by atoms with Gasteiger partial charge in [0.1, 0.15) is 28.9 Å². The van der Waals surface area contributed by atoms with Crippen molar-refractivity contribution in [2.45, 2.75) is 51.8 Å². The van der Waals surface area contributed by atoms with Gasteiger partial charge in [-0.1, -0.05) is 41.5 Å². The number of carboxylic acid groups (broad SMARTS) is 1. The maximum absolute atomic E-state index is 13.5. The second-order valence-corrected chi connectivity index (χ2v) is 9.97. The van der Waals surface area contributed by atoms with Gasteiger partial charge in [0.05, 0.1) is 7.11 Å². The highest BCUT2D eigenvalue weighted by atomic mass is 32.2. The molecule has 2 rings (SSSR count). The Balaban J connectivity index is 2.43. The molecule has 0 aliphatic heterocycles. The Bertz CT molecular complexity index is 1140. The Kier molecular flexibility index (Phi) is 10.4. The van der Waals surface area contributed by atoms with Crippen LogP contribution >= 0.6 is 11.8 Å². The molecule has 0 saturated heterocycles. The number of carboxylic acids is 1. The van der Waals surface area contributed by atoms with Gasteiger partial charge in [-0.25, -0.2) is 4.79 Å². The average molecular weight is 516 g/mol. The zero-order chi connectivity index (χ0) is 27.0. The van der Waals surface area contributed by atoms with Gasteiger partial charge in [0.15, 0.2) is 5.78 Å². The standard InChI is InChI=1S/C27H33NO7S/c1-15(2)6-11-19-21(30)12-23(35-5)25(26(19)32)22(31)13-24(18-9-7-16(3)8-10-18)36-14-20(27(33)34)28-17(4)29/h6-10,12,20,24,30,32H,11,13-14H2,1-5H3,(H,28,29)(H,33,34). The summed E-state index contributed by atoms with van der Waals surface area (Å²) in [6.45, 7) is 6.95. The Morgan fingerprint density at radius 1 is 1.11 bits per heavy atom. The van der Waals surface area contributed by atoms with Gasteiger partial charge < -0.3 is 25.4 Å². The average Bonchev–Trinajstić information content (AvgIpc) is 2.80. The van der Waals surface area contributed by atoms with Gasteiger partial charge in [0.2, 0.25) is 5.91 Å². The number of rotatable bonds is 12. The van der Waals surface area contributed by atoms with Crippen molar-refractivity contribution >= 4 is 29.4 Å². The number of ether oxygens (including phenoxy) is 1. The molecule has 2 atom stereocenters. The van der Waals surface area contributed by atoms with Crippen molar-refractivity contribution < 1.29 is 34.4 Å². The maximum atomic E-state index is 13.5. The number of nitrogens with one attached hydrogen (secondary N) is 1. The molecule has 8 nitrogen and oxygen atoms in total. The van der Waals surface area contributed by atoms with Crippen LogP contribution in [0.25, 0.3) is 0 Å². The number of phenols is 2. The molecule has 36 heavy (non-hydrogen) atoms. The lowest BCUT2D eigenvalue weighted by Crippen LogP contribution is -2.41. The molecule has 1 amide bonds. The number of amides is 1. The number of thioether (sulfide) groups is 1. The first-order chi connectivity index (χ1) is 16.9. The second-order valence-electron chi connectivity index (χ2n) is 8.74. The first kappa shape index (κ1) is 28.8. The predicted molar refractivity (Wildman–Crippen MR) is 140 cm³/mol.